The summed E-state index contributed by atoms with van der Waals surface area (Å²) in [6.07, 6.45) is 4.32. The van der Waals surface area contributed by atoms with Gasteiger partial charge in [0.1, 0.15) is 6.10 Å². The summed E-state index contributed by atoms with van der Waals surface area (Å²) in [5, 5.41) is 2.69. The fourth-order valence-electron chi connectivity index (χ4n) is 3.24. The molecule has 0 radical (unpaired) electrons. The molecule has 4 atom stereocenters. The first-order valence-electron chi connectivity index (χ1n) is 11.0. The number of halogens is 1. The highest BCUT2D eigenvalue weighted by Crippen LogP contribution is 2.25. The van der Waals surface area contributed by atoms with Gasteiger partial charge in [-0.25, -0.2) is 8.42 Å². The van der Waals surface area contributed by atoms with E-state index >= 15 is 0 Å². The second kappa shape index (κ2) is 15.3. The Morgan fingerprint density at radius 1 is 1.21 bits per heavy atom. The standard InChI is InChI=1S/C25H36BrNO6S/c1-7-14-27-24(28)13-15-32-17-18(3)16-19(4)25(23(8-2)31-6)33-20(5)34(29,30)22-11-9-21(26)10-12-22/h7-12,16,19-20,23,25H,1-2,13-15,17H2,3-6H3,(H,27,28)/b18-16-/t19-,20?,23+,25+/m1/s1. The Bertz CT molecular complexity index is 929. The summed E-state index contributed by atoms with van der Waals surface area (Å²) >= 11 is 3.31. The normalized spacial score (nSPS) is 15.7. The van der Waals surface area contributed by atoms with Gasteiger partial charge in [0.25, 0.3) is 0 Å². The van der Waals surface area contributed by atoms with Gasteiger partial charge in [0, 0.05) is 30.5 Å². The van der Waals surface area contributed by atoms with E-state index in [1.54, 1.807) is 24.3 Å². The SMILES string of the molecule is C=CCNC(=O)CCOC/C(C)=C\[C@@H](C)[C@H](OC(C)S(=O)(=O)c1ccc(Br)cc1)[C@H](C=C)OC. The number of carbonyl (C=O) groups excluding carboxylic acids is 1. The van der Waals surface area contributed by atoms with Crippen LogP contribution in [0, 0.1) is 5.92 Å². The van der Waals surface area contributed by atoms with Gasteiger partial charge in [-0.05, 0) is 38.1 Å². The van der Waals surface area contributed by atoms with Gasteiger partial charge >= 0.3 is 0 Å². The number of sulfone groups is 1. The lowest BCUT2D eigenvalue weighted by Crippen LogP contribution is -2.39. The molecule has 1 N–H and O–H groups in total. The van der Waals surface area contributed by atoms with Crippen LogP contribution >= 0.6 is 15.9 Å². The minimum Gasteiger partial charge on any atom is -0.377 e. The summed E-state index contributed by atoms with van der Waals surface area (Å²) in [5.74, 6) is -0.303. The molecule has 9 heteroatoms. The molecule has 0 heterocycles. The van der Waals surface area contributed by atoms with Gasteiger partial charge in [-0.15, -0.1) is 13.2 Å². The molecule has 0 fully saturated rings. The first-order chi connectivity index (χ1) is 16.1. The summed E-state index contributed by atoms with van der Waals surface area (Å²) < 4.78 is 44.0. The molecule has 1 aromatic carbocycles. The van der Waals surface area contributed by atoms with E-state index in [0.29, 0.717) is 13.2 Å². The summed E-state index contributed by atoms with van der Waals surface area (Å²) in [6.45, 7) is 13.8. The largest absolute Gasteiger partial charge is 0.377 e. The Labute approximate surface area is 212 Å². The molecule has 0 saturated carbocycles. The third-order valence-electron chi connectivity index (χ3n) is 5.07. The monoisotopic (exact) mass is 557 g/mol. The number of carbonyl (C=O) groups is 1. The van der Waals surface area contributed by atoms with Crippen molar-refractivity contribution in [2.45, 2.75) is 49.7 Å². The lowest BCUT2D eigenvalue weighted by Gasteiger charge is -2.30. The summed E-state index contributed by atoms with van der Waals surface area (Å²) in [6, 6.07) is 6.43. The molecular formula is C25H36BrNO6S. The van der Waals surface area contributed by atoms with Crippen molar-refractivity contribution < 1.29 is 27.4 Å². The van der Waals surface area contributed by atoms with E-state index in [1.165, 1.54) is 26.2 Å². The van der Waals surface area contributed by atoms with Crippen molar-refractivity contribution in [3.8, 4) is 0 Å². The van der Waals surface area contributed by atoms with Gasteiger partial charge in [-0.2, -0.15) is 0 Å². The lowest BCUT2D eigenvalue weighted by atomic mass is 9.97. The maximum Gasteiger partial charge on any atom is 0.222 e. The number of nitrogens with one attached hydrogen (secondary N) is 1. The van der Waals surface area contributed by atoms with Crippen LogP contribution in [0.2, 0.25) is 0 Å². The molecular weight excluding hydrogens is 522 g/mol. The maximum absolute atomic E-state index is 13.0. The summed E-state index contributed by atoms with van der Waals surface area (Å²) in [4.78, 5) is 11.8. The van der Waals surface area contributed by atoms with Crippen molar-refractivity contribution >= 4 is 31.7 Å². The van der Waals surface area contributed by atoms with E-state index in [1.807, 2.05) is 19.9 Å². The smallest absolute Gasteiger partial charge is 0.222 e. The minimum absolute atomic E-state index is 0.0988. The van der Waals surface area contributed by atoms with E-state index in [2.05, 4.69) is 34.4 Å². The first kappa shape index (κ1) is 30.3. The van der Waals surface area contributed by atoms with Crippen molar-refractivity contribution in [1.29, 1.82) is 0 Å². The second-order valence-corrected chi connectivity index (χ2v) is 11.0. The minimum atomic E-state index is -3.72. The molecule has 1 amide bonds. The molecule has 0 spiro atoms. The van der Waals surface area contributed by atoms with E-state index in [-0.39, 0.29) is 29.7 Å². The number of rotatable bonds is 16. The first-order valence-corrected chi connectivity index (χ1v) is 13.3. The van der Waals surface area contributed by atoms with E-state index in [0.717, 1.165) is 10.0 Å². The van der Waals surface area contributed by atoms with Gasteiger partial charge in [0.15, 0.2) is 5.44 Å². The fourth-order valence-corrected chi connectivity index (χ4v) is 4.68. The van der Waals surface area contributed by atoms with Crippen LogP contribution in [-0.4, -0.2) is 58.8 Å². The molecule has 0 aromatic heterocycles. The number of hydrogen-bond acceptors (Lipinski definition) is 6. The highest BCUT2D eigenvalue weighted by Gasteiger charge is 2.32. The molecule has 0 saturated heterocycles. The number of methoxy groups -OCH3 is 1. The Kier molecular flexibility index (Phi) is 13.6. The van der Waals surface area contributed by atoms with Crippen LogP contribution in [0.1, 0.15) is 27.2 Å². The zero-order chi connectivity index (χ0) is 25.7. The Morgan fingerprint density at radius 2 is 1.85 bits per heavy atom. The predicted molar refractivity (Wildman–Crippen MR) is 138 cm³/mol. The number of benzene rings is 1. The highest BCUT2D eigenvalue weighted by molar-refractivity contribution is 9.10. The van der Waals surface area contributed by atoms with Crippen LogP contribution in [0.5, 0.6) is 0 Å². The number of hydrogen-bond donors (Lipinski definition) is 1. The van der Waals surface area contributed by atoms with Crippen molar-refractivity contribution in [2.75, 3.05) is 26.9 Å². The Hall–Kier alpha value is -1.78. The van der Waals surface area contributed by atoms with Crippen molar-refractivity contribution in [3.63, 3.8) is 0 Å². The molecule has 1 aromatic rings. The third kappa shape index (κ3) is 9.84. The van der Waals surface area contributed by atoms with E-state index in [4.69, 9.17) is 14.2 Å². The Balaban J connectivity index is 2.85. The number of amides is 1. The molecule has 0 aliphatic carbocycles. The van der Waals surface area contributed by atoms with Crippen molar-refractivity contribution in [3.05, 3.63) is 65.7 Å². The fraction of sp³-hybridized carbons (Fsp3) is 0.480. The van der Waals surface area contributed by atoms with Crippen LogP contribution < -0.4 is 5.32 Å². The molecule has 190 valence electrons. The molecule has 34 heavy (non-hydrogen) atoms. The predicted octanol–water partition coefficient (Wildman–Crippen LogP) is 4.45. The zero-order valence-corrected chi connectivity index (χ0v) is 22.7. The summed E-state index contributed by atoms with van der Waals surface area (Å²) in [5.41, 5.74) is -0.173. The van der Waals surface area contributed by atoms with Gasteiger partial charge in [0.2, 0.25) is 15.7 Å². The lowest BCUT2D eigenvalue weighted by molar-refractivity contribution is -0.121. The van der Waals surface area contributed by atoms with Crippen LogP contribution in [0.15, 0.2) is 70.6 Å². The molecule has 1 rings (SSSR count). The van der Waals surface area contributed by atoms with Crippen LogP contribution in [0.3, 0.4) is 0 Å². The van der Waals surface area contributed by atoms with Gasteiger partial charge in [-0.3, -0.25) is 4.79 Å². The Morgan fingerprint density at radius 3 is 2.41 bits per heavy atom. The van der Waals surface area contributed by atoms with Crippen LogP contribution in [0.25, 0.3) is 0 Å². The van der Waals surface area contributed by atoms with Gasteiger partial charge in [-0.1, -0.05) is 46.7 Å². The van der Waals surface area contributed by atoms with Crippen molar-refractivity contribution in [1.82, 2.24) is 5.32 Å². The van der Waals surface area contributed by atoms with Crippen LogP contribution in [0.4, 0.5) is 0 Å². The molecule has 7 nitrogen and oxygen atoms in total. The van der Waals surface area contributed by atoms with Gasteiger partial charge < -0.3 is 19.5 Å². The molecule has 1 unspecified atom stereocenters. The average molecular weight is 559 g/mol. The molecule has 0 aliphatic rings. The molecule has 0 aliphatic heterocycles. The summed E-state index contributed by atoms with van der Waals surface area (Å²) in [7, 11) is -2.19. The second-order valence-electron chi connectivity index (χ2n) is 7.87. The average Bonchev–Trinajstić information content (AvgIpc) is 2.80. The van der Waals surface area contributed by atoms with E-state index in [9.17, 15) is 13.2 Å². The maximum atomic E-state index is 13.0. The topological polar surface area (TPSA) is 90.9 Å². The van der Waals surface area contributed by atoms with E-state index < -0.39 is 27.5 Å². The highest BCUT2D eigenvalue weighted by atomic mass is 79.9. The van der Waals surface area contributed by atoms with Crippen LogP contribution in [-0.2, 0) is 28.8 Å². The quantitative estimate of drug-likeness (QED) is 0.238. The third-order valence-corrected chi connectivity index (χ3v) is 7.51. The van der Waals surface area contributed by atoms with Crippen molar-refractivity contribution in [2.24, 2.45) is 5.92 Å². The number of ether oxygens (including phenoxy) is 3. The van der Waals surface area contributed by atoms with Gasteiger partial charge in [0.05, 0.1) is 24.2 Å². The molecule has 0 bridgehead atoms. The zero-order valence-electron chi connectivity index (χ0n) is 20.3.